The quantitative estimate of drug-likeness (QED) is 0.616. The van der Waals surface area contributed by atoms with Crippen LogP contribution in [0.25, 0.3) is 0 Å². The molecule has 0 saturated heterocycles. The van der Waals surface area contributed by atoms with Gasteiger partial charge in [0, 0.05) is 24.0 Å². The van der Waals surface area contributed by atoms with Crippen LogP contribution in [0, 0.1) is 20.2 Å². The summed E-state index contributed by atoms with van der Waals surface area (Å²) in [6.45, 7) is 0. The van der Waals surface area contributed by atoms with E-state index in [1.807, 2.05) is 0 Å². The van der Waals surface area contributed by atoms with Crippen molar-refractivity contribution in [3.63, 3.8) is 0 Å². The second-order valence-corrected chi connectivity index (χ2v) is 4.52. The average molecular weight is 264 g/mol. The van der Waals surface area contributed by atoms with Gasteiger partial charge in [-0.1, -0.05) is 6.42 Å². The van der Waals surface area contributed by atoms with Crippen LogP contribution < -0.4 is 0 Å². The third-order valence-electron chi connectivity index (χ3n) is 3.35. The molecule has 19 heavy (non-hydrogen) atoms. The number of Topliss-reactive ketones (excluding diaryl/α,β-unsaturated/α-hetero) is 1. The first-order valence-corrected chi connectivity index (χ1v) is 5.96. The normalized spacial score (nSPS) is 19.2. The Morgan fingerprint density at radius 2 is 1.84 bits per heavy atom. The predicted octanol–water partition coefficient (Wildman–Crippen LogP) is 2.73. The molecular formula is C12H12N2O5. The number of hydrogen-bond acceptors (Lipinski definition) is 5. The zero-order chi connectivity index (χ0) is 14.0. The number of nitro groups is 2. The van der Waals surface area contributed by atoms with Gasteiger partial charge in [0.25, 0.3) is 11.4 Å². The van der Waals surface area contributed by atoms with Gasteiger partial charge in [0.2, 0.25) is 0 Å². The van der Waals surface area contributed by atoms with Gasteiger partial charge >= 0.3 is 0 Å². The molecule has 0 aliphatic heterocycles. The van der Waals surface area contributed by atoms with Crippen LogP contribution in [0.5, 0.6) is 0 Å². The van der Waals surface area contributed by atoms with Gasteiger partial charge in [0.15, 0.2) is 0 Å². The summed E-state index contributed by atoms with van der Waals surface area (Å²) in [6, 6.07) is 3.48. The first-order chi connectivity index (χ1) is 9.00. The van der Waals surface area contributed by atoms with Crippen LogP contribution in [0.15, 0.2) is 18.2 Å². The molecule has 1 aromatic rings. The number of rotatable bonds is 3. The molecule has 1 aliphatic carbocycles. The minimum absolute atomic E-state index is 0.0248. The van der Waals surface area contributed by atoms with Crippen molar-refractivity contribution in [3.05, 3.63) is 44.0 Å². The minimum atomic E-state index is -0.681. The first-order valence-electron chi connectivity index (χ1n) is 5.96. The van der Waals surface area contributed by atoms with Crippen molar-refractivity contribution in [1.29, 1.82) is 0 Å². The lowest BCUT2D eigenvalue weighted by Crippen LogP contribution is -2.18. The summed E-state index contributed by atoms with van der Waals surface area (Å²) in [5.41, 5.74) is -0.381. The lowest BCUT2D eigenvalue weighted by molar-refractivity contribution is -0.394. The second-order valence-electron chi connectivity index (χ2n) is 4.52. The minimum Gasteiger partial charge on any atom is -0.299 e. The molecule has 0 heterocycles. The van der Waals surface area contributed by atoms with Crippen LogP contribution in [-0.4, -0.2) is 15.6 Å². The lowest BCUT2D eigenvalue weighted by Gasteiger charge is -2.20. The number of non-ortho nitro benzene ring substituents is 1. The largest absolute Gasteiger partial charge is 0.299 e. The van der Waals surface area contributed by atoms with Gasteiger partial charge < -0.3 is 0 Å². The van der Waals surface area contributed by atoms with E-state index in [2.05, 4.69) is 0 Å². The highest BCUT2D eigenvalue weighted by Crippen LogP contribution is 2.36. The summed E-state index contributed by atoms with van der Waals surface area (Å²) < 4.78 is 0. The van der Waals surface area contributed by atoms with E-state index in [9.17, 15) is 25.0 Å². The Morgan fingerprint density at radius 1 is 1.11 bits per heavy atom. The van der Waals surface area contributed by atoms with Gasteiger partial charge in [-0.2, -0.15) is 0 Å². The number of nitrogens with zero attached hydrogens (tertiary/aromatic N) is 2. The van der Waals surface area contributed by atoms with Crippen LogP contribution in [0.3, 0.4) is 0 Å². The van der Waals surface area contributed by atoms with Crippen molar-refractivity contribution < 1.29 is 14.6 Å². The average Bonchev–Trinajstić information content (AvgIpc) is 2.38. The summed E-state index contributed by atoms with van der Waals surface area (Å²) in [5, 5.41) is 21.7. The summed E-state index contributed by atoms with van der Waals surface area (Å²) in [4.78, 5) is 32.1. The molecule has 0 bridgehead atoms. The molecule has 0 radical (unpaired) electrons. The van der Waals surface area contributed by atoms with E-state index in [-0.39, 0.29) is 17.2 Å². The van der Waals surface area contributed by atoms with E-state index in [0.29, 0.717) is 18.4 Å². The predicted molar refractivity (Wildman–Crippen MR) is 66.0 cm³/mol. The summed E-state index contributed by atoms with van der Waals surface area (Å²) in [6.07, 6.45) is 2.62. The van der Waals surface area contributed by atoms with Crippen molar-refractivity contribution in [2.75, 3.05) is 0 Å². The Bertz CT molecular complexity index is 555. The molecule has 7 heteroatoms. The van der Waals surface area contributed by atoms with Crippen molar-refractivity contribution in [3.8, 4) is 0 Å². The topological polar surface area (TPSA) is 103 Å². The van der Waals surface area contributed by atoms with Crippen molar-refractivity contribution in [2.45, 2.75) is 31.6 Å². The Labute approximate surface area is 108 Å². The van der Waals surface area contributed by atoms with E-state index in [1.165, 1.54) is 12.1 Å². The second kappa shape index (κ2) is 5.13. The lowest BCUT2D eigenvalue weighted by atomic mass is 9.82. The van der Waals surface area contributed by atoms with E-state index < -0.39 is 15.8 Å². The van der Waals surface area contributed by atoms with E-state index in [1.54, 1.807) is 0 Å². The maximum absolute atomic E-state index is 11.8. The Hall–Kier alpha value is -2.31. The molecule has 0 N–H and O–H groups in total. The highest BCUT2D eigenvalue weighted by Gasteiger charge is 2.31. The van der Waals surface area contributed by atoms with Gasteiger partial charge in [-0.25, -0.2) is 0 Å². The van der Waals surface area contributed by atoms with E-state index in [0.717, 1.165) is 18.9 Å². The number of hydrogen-bond donors (Lipinski definition) is 0. The zero-order valence-electron chi connectivity index (χ0n) is 10.1. The molecule has 0 amide bonds. The zero-order valence-corrected chi connectivity index (χ0v) is 10.1. The molecule has 7 nitrogen and oxygen atoms in total. The molecule has 2 rings (SSSR count). The van der Waals surface area contributed by atoms with Gasteiger partial charge in [-0.3, -0.25) is 25.0 Å². The third kappa shape index (κ3) is 2.59. The third-order valence-corrected chi connectivity index (χ3v) is 3.35. The van der Waals surface area contributed by atoms with Gasteiger partial charge in [-0.15, -0.1) is 0 Å². The monoisotopic (exact) mass is 264 g/mol. The fourth-order valence-corrected chi connectivity index (χ4v) is 2.41. The molecule has 100 valence electrons. The van der Waals surface area contributed by atoms with Gasteiger partial charge in [0.05, 0.1) is 15.9 Å². The van der Waals surface area contributed by atoms with Gasteiger partial charge in [-0.05, 0) is 18.9 Å². The van der Waals surface area contributed by atoms with Crippen LogP contribution in [0.1, 0.15) is 37.2 Å². The van der Waals surface area contributed by atoms with Crippen LogP contribution in [0.4, 0.5) is 11.4 Å². The number of carbonyl (C=O) groups is 1. The molecule has 1 aliphatic rings. The summed E-state index contributed by atoms with van der Waals surface area (Å²) in [5.74, 6) is -0.529. The van der Waals surface area contributed by atoms with E-state index >= 15 is 0 Å². The Morgan fingerprint density at radius 3 is 2.42 bits per heavy atom. The number of benzene rings is 1. The highest BCUT2D eigenvalue weighted by atomic mass is 16.6. The molecule has 1 aromatic carbocycles. The van der Waals surface area contributed by atoms with Crippen molar-refractivity contribution in [2.24, 2.45) is 0 Å². The molecule has 0 unspecified atom stereocenters. The maximum Gasteiger partial charge on any atom is 0.280 e. The number of nitro benzene ring substituents is 2. The molecule has 0 spiro atoms. The van der Waals surface area contributed by atoms with Crippen molar-refractivity contribution in [1.82, 2.24) is 0 Å². The number of carbonyl (C=O) groups excluding carboxylic acids is 1. The fraction of sp³-hybridized carbons (Fsp3) is 0.417. The summed E-state index contributed by atoms with van der Waals surface area (Å²) >= 11 is 0. The van der Waals surface area contributed by atoms with Crippen molar-refractivity contribution >= 4 is 17.2 Å². The Kier molecular flexibility index (Phi) is 3.55. The van der Waals surface area contributed by atoms with Crippen LogP contribution in [-0.2, 0) is 4.79 Å². The number of ketones is 1. The fourth-order valence-electron chi connectivity index (χ4n) is 2.41. The summed E-state index contributed by atoms with van der Waals surface area (Å²) in [7, 11) is 0. The molecule has 1 fully saturated rings. The highest BCUT2D eigenvalue weighted by molar-refractivity contribution is 5.87. The molecule has 1 atom stereocenters. The molecule has 0 aromatic heterocycles. The van der Waals surface area contributed by atoms with Crippen LogP contribution >= 0.6 is 0 Å². The standard InChI is InChI=1S/C12H12N2O5/c15-12-4-2-1-3-10(12)9-6-5-8(13(16)17)7-11(9)14(18)19/h5-7,10H,1-4H2/t10-/m0/s1. The van der Waals surface area contributed by atoms with Gasteiger partial charge in [0.1, 0.15) is 5.78 Å². The maximum atomic E-state index is 11.8. The van der Waals surface area contributed by atoms with Crippen LogP contribution in [0.2, 0.25) is 0 Å². The Balaban J connectivity index is 2.47. The van der Waals surface area contributed by atoms with E-state index in [4.69, 9.17) is 0 Å². The SMILES string of the molecule is O=C1CCCC[C@H]1c1ccc([N+](=O)[O-])cc1[N+](=O)[O-]. The molecule has 1 saturated carbocycles. The first kappa shape index (κ1) is 13.1. The molecular weight excluding hydrogens is 252 g/mol. The smallest absolute Gasteiger partial charge is 0.280 e.